The van der Waals surface area contributed by atoms with Crippen LogP contribution in [0.15, 0.2) is 30.3 Å². The number of alkyl halides is 1. The van der Waals surface area contributed by atoms with Gasteiger partial charge >= 0.3 is 0 Å². The third-order valence-corrected chi connectivity index (χ3v) is 3.64. The van der Waals surface area contributed by atoms with Gasteiger partial charge in [-0.25, -0.2) is 0 Å². The maximum Gasteiger partial charge on any atom is 0.0579 e. The first-order chi connectivity index (χ1) is 7.88. The highest BCUT2D eigenvalue weighted by Crippen LogP contribution is 2.23. The zero-order valence-corrected chi connectivity index (χ0v) is 10.3. The van der Waals surface area contributed by atoms with Crippen LogP contribution >= 0.6 is 11.6 Å². The molecular formula is C14H19ClO. The zero-order valence-electron chi connectivity index (χ0n) is 9.57. The van der Waals surface area contributed by atoms with Crippen molar-refractivity contribution in [2.45, 2.75) is 31.8 Å². The number of hydrogen-bond acceptors (Lipinski definition) is 1. The van der Waals surface area contributed by atoms with E-state index in [4.69, 9.17) is 16.3 Å². The summed E-state index contributed by atoms with van der Waals surface area (Å²) in [4.78, 5) is 0. The number of rotatable bonds is 5. The Balaban J connectivity index is 1.85. The molecule has 0 bridgehead atoms. The number of hydrogen-bond donors (Lipinski definition) is 0. The van der Waals surface area contributed by atoms with Gasteiger partial charge in [0.25, 0.3) is 0 Å². The number of halogens is 1. The summed E-state index contributed by atoms with van der Waals surface area (Å²) in [7, 11) is 0. The van der Waals surface area contributed by atoms with E-state index in [-0.39, 0.29) is 0 Å². The van der Waals surface area contributed by atoms with Crippen LogP contribution < -0.4 is 0 Å². The van der Waals surface area contributed by atoms with Crippen LogP contribution in [0.2, 0.25) is 0 Å². The van der Waals surface area contributed by atoms with E-state index in [1.807, 2.05) is 0 Å². The lowest BCUT2D eigenvalue weighted by Crippen LogP contribution is -2.16. The van der Waals surface area contributed by atoms with Gasteiger partial charge in [0.1, 0.15) is 0 Å². The Bertz CT molecular complexity index is 293. The van der Waals surface area contributed by atoms with Gasteiger partial charge in [0.15, 0.2) is 0 Å². The molecule has 1 fully saturated rings. The Labute approximate surface area is 103 Å². The SMILES string of the molecule is ClCC(Cc1ccccc1)CC1CCCO1. The molecule has 1 heterocycles. The van der Waals surface area contributed by atoms with E-state index in [0.29, 0.717) is 12.0 Å². The van der Waals surface area contributed by atoms with E-state index in [2.05, 4.69) is 30.3 Å². The van der Waals surface area contributed by atoms with Crippen molar-refractivity contribution in [1.29, 1.82) is 0 Å². The van der Waals surface area contributed by atoms with E-state index in [9.17, 15) is 0 Å². The molecule has 1 aromatic carbocycles. The molecule has 0 aromatic heterocycles. The van der Waals surface area contributed by atoms with Gasteiger partial charge in [-0.1, -0.05) is 30.3 Å². The highest BCUT2D eigenvalue weighted by Gasteiger charge is 2.20. The largest absolute Gasteiger partial charge is 0.378 e. The van der Waals surface area contributed by atoms with E-state index in [1.54, 1.807) is 0 Å². The molecular weight excluding hydrogens is 220 g/mol. The fraction of sp³-hybridized carbons (Fsp3) is 0.571. The first-order valence-corrected chi connectivity index (χ1v) is 6.63. The highest BCUT2D eigenvalue weighted by atomic mass is 35.5. The smallest absolute Gasteiger partial charge is 0.0579 e. The molecule has 2 heteroatoms. The van der Waals surface area contributed by atoms with Crippen molar-refractivity contribution in [3.63, 3.8) is 0 Å². The minimum absolute atomic E-state index is 0.451. The second-order valence-corrected chi connectivity index (χ2v) is 4.89. The fourth-order valence-corrected chi connectivity index (χ4v) is 2.59. The van der Waals surface area contributed by atoms with Gasteiger partial charge in [-0.2, -0.15) is 0 Å². The third-order valence-electron chi connectivity index (χ3n) is 3.21. The molecule has 2 unspecified atom stereocenters. The minimum atomic E-state index is 0.451. The van der Waals surface area contributed by atoms with Gasteiger partial charge in [-0.05, 0) is 37.2 Å². The zero-order chi connectivity index (χ0) is 11.2. The Morgan fingerprint density at radius 2 is 2.12 bits per heavy atom. The summed E-state index contributed by atoms with van der Waals surface area (Å²) < 4.78 is 5.66. The molecule has 2 atom stereocenters. The maximum atomic E-state index is 6.04. The molecule has 0 saturated carbocycles. The van der Waals surface area contributed by atoms with Crippen molar-refractivity contribution in [3.8, 4) is 0 Å². The molecule has 88 valence electrons. The molecule has 1 saturated heterocycles. The molecule has 1 nitrogen and oxygen atoms in total. The summed E-state index contributed by atoms with van der Waals surface area (Å²) in [5.41, 5.74) is 1.38. The summed E-state index contributed by atoms with van der Waals surface area (Å²) in [5.74, 6) is 1.28. The van der Waals surface area contributed by atoms with Gasteiger partial charge in [0.2, 0.25) is 0 Å². The van der Waals surface area contributed by atoms with Gasteiger partial charge in [0.05, 0.1) is 6.10 Å². The second kappa shape index (κ2) is 6.27. The molecule has 2 rings (SSSR count). The van der Waals surface area contributed by atoms with Crippen molar-refractivity contribution >= 4 is 11.6 Å². The monoisotopic (exact) mass is 238 g/mol. The molecule has 1 aromatic rings. The quantitative estimate of drug-likeness (QED) is 0.712. The Morgan fingerprint density at radius 3 is 2.75 bits per heavy atom. The Hall–Kier alpha value is -0.530. The Kier molecular flexibility index (Phi) is 4.68. The summed E-state index contributed by atoms with van der Waals surface area (Å²) in [5, 5.41) is 0. The Morgan fingerprint density at radius 1 is 1.31 bits per heavy atom. The molecule has 0 aliphatic carbocycles. The molecule has 0 amide bonds. The summed E-state index contributed by atoms with van der Waals surface area (Å²) in [6.07, 6.45) is 5.06. The number of benzene rings is 1. The van der Waals surface area contributed by atoms with E-state index in [0.717, 1.165) is 25.3 Å². The third kappa shape index (κ3) is 3.50. The normalized spacial score (nSPS) is 22.2. The van der Waals surface area contributed by atoms with Crippen LogP contribution in [0.5, 0.6) is 0 Å². The average molecular weight is 239 g/mol. The van der Waals surface area contributed by atoms with Crippen molar-refractivity contribution in [3.05, 3.63) is 35.9 Å². The van der Waals surface area contributed by atoms with Crippen LogP contribution in [0.3, 0.4) is 0 Å². The lowest BCUT2D eigenvalue weighted by atomic mass is 9.94. The molecule has 1 aliphatic heterocycles. The first kappa shape index (κ1) is 11.9. The van der Waals surface area contributed by atoms with Crippen molar-refractivity contribution in [2.75, 3.05) is 12.5 Å². The predicted molar refractivity (Wildman–Crippen MR) is 67.9 cm³/mol. The molecule has 1 aliphatic rings. The average Bonchev–Trinajstić information content (AvgIpc) is 2.82. The standard InChI is InChI=1S/C14H19ClO/c15-11-13(10-14-7-4-8-16-14)9-12-5-2-1-3-6-12/h1-3,5-6,13-14H,4,7-11H2. The van der Waals surface area contributed by atoms with Crippen LogP contribution in [0, 0.1) is 5.92 Å². The van der Waals surface area contributed by atoms with Gasteiger partial charge in [0, 0.05) is 12.5 Å². The summed E-state index contributed by atoms with van der Waals surface area (Å²) >= 11 is 6.04. The predicted octanol–water partition coefficient (Wildman–Crippen LogP) is 3.65. The van der Waals surface area contributed by atoms with Gasteiger partial charge in [-0.3, -0.25) is 0 Å². The van der Waals surface area contributed by atoms with E-state index in [1.165, 1.54) is 18.4 Å². The van der Waals surface area contributed by atoms with Crippen molar-refractivity contribution in [2.24, 2.45) is 5.92 Å². The van der Waals surface area contributed by atoms with Gasteiger partial charge in [-0.15, -0.1) is 11.6 Å². The highest BCUT2D eigenvalue weighted by molar-refractivity contribution is 6.18. The molecule has 0 spiro atoms. The van der Waals surface area contributed by atoms with Crippen LogP contribution in [-0.4, -0.2) is 18.6 Å². The van der Waals surface area contributed by atoms with Gasteiger partial charge < -0.3 is 4.74 Å². The summed E-state index contributed by atoms with van der Waals surface area (Å²) in [6, 6.07) is 10.6. The van der Waals surface area contributed by atoms with E-state index >= 15 is 0 Å². The van der Waals surface area contributed by atoms with E-state index < -0.39 is 0 Å². The van der Waals surface area contributed by atoms with Crippen molar-refractivity contribution in [1.82, 2.24) is 0 Å². The molecule has 0 N–H and O–H groups in total. The van der Waals surface area contributed by atoms with Crippen LogP contribution in [0.25, 0.3) is 0 Å². The summed E-state index contributed by atoms with van der Waals surface area (Å²) in [6.45, 7) is 0.936. The van der Waals surface area contributed by atoms with Crippen LogP contribution in [0.4, 0.5) is 0 Å². The second-order valence-electron chi connectivity index (χ2n) is 4.58. The minimum Gasteiger partial charge on any atom is -0.378 e. The lowest BCUT2D eigenvalue weighted by Gasteiger charge is -2.18. The number of ether oxygens (including phenoxy) is 1. The van der Waals surface area contributed by atoms with Crippen LogP contribution in [0.1, 0.15) is 24.8 Å². The first-order valence-electron chi connectivity index (χ1n) is 6.10. The molecule has 0 radical (unpaired) electrons. The lowest BCUT2D eigenvalue weighted by molar-refractivity contribution is 0.0922. The van der Waals surface area contributed by atoms with Crippen LogP contribution in [-0.2, 0) is 11.2 Å². The topological polar surface area (TPSA) is 9.23 Å². The maximum absolute atomic E-state index is 6.04. The fourth-order valence-electron chi connectivity index (χ4n) is 2.35. The van der Waals surface area contributed by atoms with Crippen molar-refractivity contribution < 1.29 is 4.74 Å². The molecule has 16 heavy (non-hydrogen) atoms.